The maximum absolute atomic E-state index is 11.9. The van der Waals surface area contributed by atoms with E-state index in [1.54, 1.807) is 55.2 Å². The summed E-state index contributed by atoms with van der Waals surface area (Å²) in [6, 6.07) is 10.7. The molecule has 2 unspecified atom stereocenters. The molecule has 14 nitrogen and oxygen atoms in total. The van der Waals surface area contributed by atoms with Gasteiger partial charge in [0.25, 0.3) is 0 Å². The van der Waals surface area contributed by atoms with Crippen molar-refractivity contribution in [2.75, 3.05) is 40.0 Å². The molecule has 6 aromatic rings. The number of rotatable bonds is 9. The molecular weight excluding hydrogens is 672 g/mol. The van der Waals surface area contributed by atoms with Gasteiger partial charge in [0.1, 0.15) is 30.3 Å². The molecule has 0 spiro atoms. The zero-order chi connectivity index (χ0) is 35.9. The molecule has 0 aromatic carbocycles. The largest absolute Gasteiger partial charge is 0.463 e. The third-order valence-electron chi connectivity index (χ3n) is 9.81. The number of fused-ring (bicyclic) bond motifs is 3. The van der Waals surface area contributed by atoms with Gasteiger partial charge < -0.3 is 52.1 Å². The van der Waals surface area contributed by atoms with E-state index in [0.29, 0.717) is 65.6 Å². The summed E-state index contributed by atoms with van der Waals surface area (Å²) in [7, 11) is 2.06. The minimum absolute atomic E-state index is 0. The van der Waals surface area contributed by atoms with E-state index in [1.165, 1.54) is 32.1 Å². The Balaban J connectivity index is 0.000000179. The van der Waals surface area contributed by atoms with E-state index in [4.69, 9.17) is 32.2 Å². The van der Waals surface area contributed by atoms with Crippen LogP contribution in [0.1, 0.15) is 87.1 Å². The van der Waals surface area contributed by atoms with Crippen molar-refractivity contribution < 1.29 is 50.9 Å². The average molecular weight is 723 g/mol. The lowest BCUT2D eigenvalue weighted by Gasteiger charge is -2.18. The number of esters is 3. The third kappa shape index (κ3) is 8.62. The highest BCUT2D eigenvalue weighted by Crippen LogP contribution is 2.25. The van der Waals surface area contributed by atoms with Crippen LogP contribution in [0.3, 0.4) is 0 Å². The lowest BCUT2D eigenvalue weighted by Crippen LogP contribution is -2.30. The fourth-order valence-corrected chi connectivity index (χ4v) is 6.78. The molecule has 1 saturated carbocycles. The van der Waals surface area contributed by atoms with Gasteiger partial charge in [-0.1, -0.05) is 12.8 Å². The van der Waals surface area contributed by atoms with Gasteiger partial charge in [0, 0.05) is 53.3 Å². The van der Waals surface area contributed by atoms with Gasteiger partial charge in [0.2, 0.25) is 0 Å². The number of H-pyrrole nitrogens is 3. The molecule has 282 valence electrons. The van der Waals surface area contributed by atoms with Crippen LogP contribution < -0.4 is 0 Å². The lowest BCUT2D eigenvalue weighted by molar-refractivity contribution is 0.0157. The first-order valence-electron chi connectivity index (χ1n) is 17.9. The predicted molar refractivity (Wildman–Crippen MR) is 195 cm³/mol. The van der Waals surface area contributed by atoms with Gasteiger partial charge >= 0.3 is 17.9 Å². The number of likely N-dealkylation sites (tertiary alicyclic amines) is 1. The van der Waals surface area contributed by atoms with Crippen LogP contribution >= 0.6 is 0 Å². The molecule has 14 heteroatoms. The molecule has 0 bridgehead atoms. The highest BCUT2D eigenvalue weighted by molar-refractivity contribution is 5.94. The lowest BCUT2D eigenvalue weighted by atomic mass is 10.1. The molecule has 0 radical (unpaired) electrons. The standard InChI is InChI=1S/C13H16N2O3.C13H15NO3.C12H13NO4.3H2/c1-15-5-2-3-9(15)8-18-13(16)11-7-12-10(14-11)4-6-17-12;15-13(17-8-9-3-1-2-4-9)11-7-12-10(14-11)5-6-16-12;14-12(17-7-8-2-1-4-15-8)10-6-11-9(13-10)3-5-16-11;;;/h4,6-7,9,14H,2-3,5,8H2,1H3;5-7,9,14H,1-4,8H2;3,5-6,8,13H,1-2,4,7H2;3*1H. The van der Waals surface area contributed by atoms with Gasteiger partial charge in [-0.25, -0.2) is 14.4 Å². The van der Waals surface area contributed by atoms with E-state index in [2.05, 4.69) is 26.9 Å². The summed E-state index contributed by atoms with van der Waals surface area (Å²) < 4.78 is 36.7. The van der Waals surface area contributed by atoms with Crippen LogP contribution in [-0.2, 0) is 18.9 Å². The number of furan rings is 3. The van der Waals surface area contributed by atoms with Crippen molar-refractivity contribution in [2.24, 2.45) is 5.92 Å². The molecule has 3 aliphatic rings. The molecule has 3 fully saturated rings. The Bertz CT molecular complexity index is 1900. The van der Waals surface area contributed by atoms with Crippen molar-refractivity contribution in [2.45, 2.75) is 63.5 Å². The number of nitrogens with zero attached hydrogens (tertiary/aromatic N) is 1. The van der Waals surface area contributed by atoms with Crippen LogP contribution in [0.2, 0.25) is 0 Å². The maximum Gasteiger partial charge on any atom is 0.354 e. The van der Waals surface area contributed by atoms with Crippen molar-refractivity contribution >= 4 is 51.2 Å². The fourth-order valence-electron chi connectivity index (χ4n) is 6.78. The van der Waals surface area contributed by atoms with E-state index < -0.39 is 0 Å². The van der Waals surface area contributed by atoms with Crippen LogP contribution in [0.5, 0.6) is 0 Å². The van der Waals surface area contributed by atoms with Crippen LogP contribution in [0.4, 0.5) is 0 Å². The minimum atomic E-state index is -0.369. The summed E-state index contributed by atoms with van der Waals surface area (Å²) in [6.07, 6.45) is 14.0. The number of carbonyl (C=O) groups excluding carboxylic acids is 3. The SMILES string of the molecule is CN1CCCC1COC(=O)c1cc2occc2[nH]1.O=C(OCC1CCCC1)c1cc2occc2[nH]1.O=C(OCC1CCCO1)c1cc2occc2[nH]1.[HH].[HH].[HH]. The van der Waals surface area contributed by atoms with Crippen LogP contribution in [0.15, 0.2) is 68.4 Å². The van der Waals surface area contributed by atoms with E-state index in [1.807, 2.05) is 0 Å². The summed E-state index contributed by atoms with van der Waals surface area (Å²) in [5, 5.41) is 0. The highest BCUT2D eigenvalue weighted by atomic mass is 16.6. The number of carbonyl (C=O) groups is 3. The van der Waals surface area contributed by atoms with Crippen molar-refractivity contribution in [3.8, 4) is 0 Å². The number of aromatic nitrogens is 3. The molecule has 9 rings (SSSR count). The zero-order valence-electron chi connectivity index (χ0n) is 29.2. The van der Waals surface area contributed by atoms with Crippen molar-refractivity contribution in [1.82, 2.24) is 19.9 Å². The van der Waals surface area contributed by atoms with Crippen LogP contribution in [0, 0.1) is 5.92 Å². The van der Waals surface area contributed by atoms with Crippen LogP contribution in [-0.4, -0.2) is 89.9 Å². The van der Waals surface area contributed by atoms with Crippen molar-refractivity contribution in [1.29, 1.82) is 0 Å². The Labute approximate surface area is 303 Å². The summed E-state index contributed by atoms with van der Waals surface area (Å²) in [6.45, 7) is 3.16. The molecule has 6 aromatic heterocycles. The molecule has 52 heavy (non-hydrogen) atoms. The summed E-state index contributed by atoms with van der Waals surface area (Å²) >= 11 is 0. The molecule has 8 heterocycles. The van der Waals surface area contributed by atoms with Crippen molar-refractivity contribution in [3.63, 3.8) is 0 Å². The second-order valence-electron chi connectivity index (χ2n) is 13.5. The van der Waals surface area contributed by atoms with Crippen molar-refractivity contribution in [3.05, 3.63) is 72.3 Å². The Hall–Kier alpha value is -5.21. The average Bonchev–Trinajstić information content (AvgIpc) is 3.97. The Morgan fingerprint density at radius 1 is 0.673 bits per heavy atom. The topological polar surface area (TPSA) is 178 Å². The molecule has 2 saturated heterocycles. The third-order valence-corrected chi connectivity index (χ3v) is 9.81. The van der Waals surface area contributed by atoms with Gasteiger partial charge in [-0.15, -0.1) is 0 Å². The zero-order valence-corrected chi connectivity index (χ0v) is 29.2. The predicted octanol–water partition coefficient (Wildman–Crippen LogP) is 7.95. The van der Waals surface area contributed by atoms with E-state index in [9.17, 15) is 14.4 Å². The normalized spacial score (nSPS) is 19.1. The smallest absolute Gasteiger partial charge is 0.354 e. The number of likely N-dealkylation sites (N-methyl/N-ethyl adjacent to an activating group) is 1. The van der Waals surface area contributed by atoms with E-state index in [-0.39, 0.29) is 28.3 Å². The fraction of sp³-hybridized carbons (Fsp3) is 0.447. The van der Waals surface area contributed by atoms with Gasteiger partial charge in [-0.05, 0) is 58.0 Å². The van der Waals surface area contributed by atoms with Crippen LogP contribution in [0.25, 0.3) is 33.3 Å². The Kier molecular flexibility index (Phi) is 11.1. The number of nitrogens with one attached hydrogen (secondary N) is 3. The second-order valence-corrected chi connectivity index (χ2v) is 13.5. The summed E-state index contributed by atoms with van der Waals surface area (Å²) in [4.78, 5) is 46.5. The minimum Gasteiger partial charge on any atom is -0.463 e. The molecule has 1 aliphatic carbocycles. The monoisotopic (exact) mass is 722 g/mol. The first-order chi connectivity index (χ1) is 25.4. The van der Waals surface area contributed by atoms with Gasteiger partial charge in [-0.3, -0.25) is 0 Å². The van der Waals surface area contributed by atoms with Gasteiger partial charge in [0.15, 0.2) is 16.7 Å². The molecule has 3 N–H and O–H groups in total. The number of ether oxygens (including phenoxy) is 4. The number of aromatic amines is 3. The first kappa shape index (κ1) is 35.2. The molecule has 0 amide bonds. The molecule has 2 aliphatic heterocycles. The van der Waals surface area contributed by atoms with E-state index in [0.717, 1.165) is 49.0 Å². The number of hydrogen-bond donors (Lipinski definition) is 3. The highest BCUT2D eigenvalue weighted by Gasteiger charge is 2.24. The summed E-state index contributed by atoms with van der Waals surface area (Å²) in [5.74, 6) is -0.422. The summed E-state index contributed by atoms with van der Waals surface area (Å²) in [5.41, 5.74) is 5.82. The Morgan fingerprint density at radius 2 is 1.17 bits per heavy atom. The van der Waals surface area contributed by atoms with E-state index >= 15 is 0 Å². The molecular formula is C38H50N4O10. The van der Waals surface area contributed by atoms with Gasteiger partial charge in [0.05, 0.1) is 48.1 Å². The molecule has 2 atom stereocenters. The Morgan fingerprint density at radius 3 is 1.62 bits per heavy atom. The number of hydrogen-bond acceptors (Lipinski definition) is 11. The first-order valence-corrected chi connectivity index (χ1v) is 17.9. The quantitative estimate of drug-likeness (QED) is 0.0974. The maximum atomic E-state index is 11.9. The van der Waals surface area contributed by atoms with Gasteiger partial charge in [-0.2, -0.15) is 0 Å². The second kappa shape index (κ2) is 16.4.